The molecule has 1 aromatic carbocycles. The molecular formula is C10H11ClN2O. The number of hydrogen-bond donors (Lipinski definition) is 2. The van der Waals surface area contributed by atoms with Gasteiger partial charge < -0.3 is 11.1 Å². The maximum absolute atomic E-state index is 11.4. The number of carbonyl (C=O) groups excluding carboxylic acids is 1. The molecule has 3 N–H and O–H groups in total. The molecule has 0 fully saturated rings. The molecule has 0 spiro atoms. The van der Waals surface area contributed by atoms with E-state index in [9.17, 15) is 4.79 Å². The fourth-order valence-electron chi connectivity index (χ4n) is 0.935. The molecule has 0 saturated carbocycles. The summed E-state index contributed by atoms with van der Waals surface area (Å²) >= 11 is 5.77. The van der Waals surface area contributed by atoms with Gasteiger partial charge in [-0.2, -0.15) is 0 Å². The Labute approximate surface area is 87.6 Å². The van der Waals surface area contributed by atoms with E-state index >= 15 is 0 Å². The number of rotatable bonds is 3. The van der Waals surface area contributed by atoms with E-state index in [-0.39, 0.29) is 5.91 Å². The second-order valence-corrected chi connectivity index (χ2v) is 3.14. The molecule has 1 amide bonds. The van der Waals surface area contributed by atoms with Gasteiger partial charge in [-0.3, -0.25) is 4.79 Å². The third-order valence-electron chi connectivity index (χ3n) is 1.67. The van der Waals surface area contributed by atoms with Gasteiger partial charge in [-0.15, -0.1) is 6.58 Å². The van der Waals surface area contributed by atoms with Crippen molar-refractivity contribution in [2.45, 2.75) is 0 Å². The van der Waals surface area contributed by atoms with E-state index in [0.717, 1.165) is 0 Å². The minimum atomic E-state index is -0.188. The Balaban J connectivity index is 2.80. The van der Waals surface area contributed by atoms with Gasteiger partial charge in [0.15, 0.2) is 0 Å². The lowest BCUT2D eigenvalue weighted by atomic mass is 10.2. The van der Waals surface area contributed by atoms with Gasteiger partial charge in [0, 0.05) is 12.1 Å². The van der Waals surface area contributed by atoms with Crippen molar-refractivity contribution in [2.24, 2.45) is 0 Å². The molecule has 0 bridgehead atoms. The highest BCUT2D eigenvalue weighted by molar-refractivity contribution is 6.33. The zero-order chi connectivity index (χ0) is 10.6. The Morgan fingerprint density at radius 3 is 2.93 bits per heavy atom. The first kappa shape index (κ1) is 10.6. The summed E-state index contributed by atoms with van der Waals surface area (Å²) in [6.45, 7) is 3.93. The third-order valence-corrected chi connectivity index (χ3v) is 2.00. The molecule has 1 rings (SSSR count). The van der Waals surface area contributed by atoms with Gasteiger partial charge in [0.1, 0.15) is 0 Å². The van der Waals surface area contributed by atoms with Crippen LogP contribution in [0.1, 0.15) is 10.4 Å². The van der Waals surface area contributed by atoms with Crippen molar-refractivity contribution in [3.8, 4) is 0 Å². The lowest BCUT2D eigenvalue weighted by Crippen LogP contribution is -2.23. The standard InChI is InChI=1S/C10H11ClN2O/c1-2-5-13-10(14)7-3-4-9(12)8(11)6-7/h2-4,6H,1,5,12H2,(H,13,14). The van der Waals surface area contributed by atoms with Crippen molar-refractivity contribution >= 4 is 23.2 Å². The van der Waals surface area contributed by atoms with Crippen molar-refractivity contribution in [3.63, 3.8) is 0 Å². The first-order valence-electron chi connectivity index (χ1n) is 4.09. The molecule has 0 unspecified atom stereocenters. The normalized spacial score (nSPS) is 9.50. The lowest BCUT2D eigenvalue weighted by Gasteiger charge is -2.03. The minimum Gasteiger partial charge on any atom is -0.398 e. The third kappa shape index (κ3) is 2.50. The SMILES string of the molecule is C=CCNC(=O)c1ccc(N)c(Cl)c1. The van der Waals surface area contributed by atoms with E-state index in [4.69, 9.17) is 17.3 Å². The van der Waals surface area contributed by atoms with Crippen LogP contribution in [0.3, 0.4) is 0 Å². The Bertz CT molecular complexity index is 363. The topological polar surface area (TPSA) is 55.1 Å². The number of benzene rings is 1. The predicted octanol–water partition coefficient (Wildman–Crippen LogP) is 1.84. The molecule has 0 radical (unpaired) electrons. The van der Waals surface area contributed by atoms with Crippen LogP contribution in [-0.2, 0) is 0 Å². The van der Waals surface area contributed by atoms with Crippen molar-refractivity contribution in [1.29, 1.82) is 0 Å². The van der Waals surface area contributed by atoms with Crippen LogP contribution in [0.15, 0.2) is 30.9 Å². The largest absolute Gasteiger partial charge is 0.398 e. The van der Waals surface area contributed by atoms with Crippen molar-refractivity contribution < 1.29 is 4.79 Å². The van der Waals surface area contributed by atoms with Crippen LogP contribution in [0.4, 0.5) is 5.69 Å². The summed E-state index contributed by atoms with van der Waals surface area (Å²) in [5.74, 6) is -0.188. The molecule has 0 aliphatic heterocycles. The molecule has 0 atom stereocenters. The van der Waals surface area contributed by atoms with Crippen molar-refractivity contribution in [1.82, 2.24) is 5.32 Å². The number of carbonyl (C=O) groups is 1. The van der Waals surface area contributed by atoms with Crippen LogP contribution in [0.2, 0.25) is 5.02 Å². The summed E-state index contributed by atoms with van der Waals surface area (Å²) in [4.78, 5) is 11.4. The van der Waals surface area contributed by atoms with E-state index in [0.29, 0.717) is 22.8 Å². The summed E-state index contributed by atoms with van der Waals surface area (Å²) in [5.41, 5.74) is 6.47. The quantitative estimate of drug-likeness (QED) is 0.591. The Hall–Kier alpha value is -1.48. The predicted molar refractivity (Wildman–Crippen MR) is 58.4 cm³/mol. The summed E-state index contributed by atoms with van der Waals surface area (Å²) in [5, 5.41) is 3.02. The average Bonchev–Trinajstić information content (AvgIpc) is 2.18. The van der Waals surface area contributed by atoms with E-state index in [1.165, 1.54) is 6.07 Å². The number of halogens is 1. The first-order valence-corrected chi connectivity index (χ1v) is 4.47. The van der Waals surface area contributed by atoms with Gasteiger partial charge in [-0.05, 0) is 18.2 Å². The van der Waals surface area contributed by atoms with Crippen molar-refractivity contribution in [3.05, 3.63) is 41.4 Å². The smallest absolute Gasteiger partial charge is 0.251 e. The molecule has 3 nitrogen and oxygen atoms in total. The van der Waals surface area contributed by atoms with Crippen LogP contribution in [-0.4, -0.2) is 12.5 Å². The Morgan fingerprint density at radius 1 is 1.64 bits per heavy atom. The highest BCUT2D eigenvalue weighted by Gasteiger charge is 2.05. The number of anilines is 1. The monoisotopic (exact) mass is 210 g/mol. The van der Waals surface area contributed by atoms with Gasteiger partial charge >= 0.3 is 0 Å². The van der Waals surface area contributed by atoms with E-state index in [2.05, 4.69) is 11.9 Å². The fourth-order valence-corrected chi connectivity index (χ4v) is 1.12. The van der Waals surface area contributed by atoms with Crippen LogP contribution >= 0.6 is 11.6 Å². The number of amides is 1. The Kier molecular flexibility index (Phi) is 3.54. The fraction of sp³-hybridized carbons (Fsp3) is 0.100. The highest BCUT2D eigenvalue weighted by atomic mass is 35.5. The van der Waals surface area contributed by atoms with Gasteiger partial charge in [0.2, 0.25) is 0 Å². The molecule has 0 heterocycles. The summed E-state index contributed by atoms with van der Waals surface area (Å²) < 4.78 is 0. The van der Waals surface area contributed by atoms with E-state index < -0.39 is 0 Å². The Morgan fingerprint density at radius 2 is 2.36 bits per heavy atom. The molecule has 1 aromatic rings. The second-order valence-electron chi connectivity index (χ2n) is 2.73. The highest BCUT2D eigenvalue weighted by Crippen LogP contribution is 2.19. The molecule has 4 heteroatoms. The summed E-state index contributed by atoms with van der Waals surface area (Å²) in [6.07, 6.45) is 1.61. The van der Waals surface area contributed by atoms with Crippen LogP contribution in [0.5, 0.6) is 0 Å². The molecule has 0 saturated heterocycles. The van der Waals surface area contributed by atoms with Crippen molar-refractivity contribution in [2.75, 3.05) is 12.3 Å². The average molecular weight is 211 g/mol. The van der Waals surface area contributed by atoms with Gasteiger partial charge in [-0.25, -0.2) is 0 Å². The summed E-state index contributed by atoms with van der Waals surface area (Å²) in [7, 11) is 0. The van der Waals surface area contributed by atoms with E-state index in [1.807, 2.05) is 0 Å². The zero-order valence-corrected chi connectivity index (χ0v) is 8.34. The molecule has 0 aromatic heterocycles. The maximum Gasteiger partial charge on any atom is 0.251 e. The molecule has 14 heavy (non-hydrogen) atoms. The lowest BCUT2D eigenvalue weighted by molar-refractivity contribution is 0.0958. The van der Waals surface area contributed by atoms with Gasteiger partial charge in [0.05, 0.1) is 10.7 Å². The van der Waals surface area contributed by atoms with Crippen LogP contribution in [0.25, 0.3) is 0 Å². The molecular weight excluding hydrogens is 200 g/mol. The number of nitrogens with one attached hydrogen (secondary N) is 1. The summed E-state index contributed by atoms with van der Waals surface area (Å²) in [6, 6.07) is 4.76. The molecule has 74 valence electrons. The molecule has 0 aliphatic carbocycles. The van der Waals surface area contributed by atoms with E-state index in [1.54, 1.807) is 18.2 Å². The molecule has 0 aliphatic rings. The number of nitrogens with two attached hydrogens (primary N) is 1. The first-order chi connectivity index (χ1) is 6.65. The number of hydrogen-bond acceptors (Lipinski definition) is 2. The van der Waals surface area contributed by atoms with Crippen LogP contribution < -0.4 is 11.1 Å². The zero-order valence-electron chi connectivity index (χ0n) is 7.59. The minimum absolute atomic E-state index is 0.188. The second kappa shape index (κ2) is 4.67. The van der Waals surface area contributed by atoms with Crippen LogP contribution in [0, 0.1) is 0 Å². The maximum atomic E-state index is 11.4. The number of nitrogen functional groups attached to an aromatic ring is 1. The van der Waals surface area contributed by atoms with Gasteiger partial charge in [-0.1, -0.05) is 17.7 Å². The van der Waals surface area contributed by atoms with Gasteiger partial charge in [0.25, 0.3) is 5.91 Å².